The number of sulfonamides is 1. The van der Waals surface area contributed by atoms with Gasteiger partial charge in [0, 0.05) is 18.7 Å². The standard InChI is InChI=1S/C20H26N2O3S/c1-5-17-8-6-7-9-19(17)22(26(4,24)25)13-12-20(23)21-18-11-10-15(2)14-16(18)3/h6-11,14H,5,12-13H2,1-4H3,(H,21,23). The minimum Gasteiger partial charge on any atom is -0.326 e. The largest absolute Gasteiger partial charge is 0.326 e. The molecule has 0 radical (unpaired) electrons. The Morgan fingerprint density at radius 3 is 2.42 bits per heavy atom. The zero-order valence-electron chi connectivity index (χ0n) is 15.7. The number of benzene rings is 2. The molecule has 0 aliphatic heterocycles. The molecule has 2 rings (SSSR count). The van der Waals surface area contributed by atoms with Crippen LogP contribution >= 0.6 is 0 Å². The molecule has 0 saturated carbocycles. The van der Waals surface area contributed by atoms with Crippen molar-refractivity contribution in [1.29, 1.82) is 0 Å². The van der Waals surface area contributed by atoms with Crippen molar-refractivity contribution in [1.82, 2.24) is 0 Å². The molecule has 140 valence electrons. The summed E-state index contributed by atoms with van der Waals surface area (Å²) in [4.78, 5) is 12.3. The third-order valence-corrected chi connectivity index (χ3v) is 5.42. The quantitative estimate of drug-likeness (QED) is 0.804. The van der Waals surface area contributed by atoms with Crippen molar-refractivity contribution in [3.8, 4) is 0 Å². The van der Waals surface area contributed by atoms with E-state index in [9.17, 15) is 13.2 Å². The lowest BCUT2D eigenvalue weighted by Crippen LogP contribution is -2.33. The van der Waals surface area contributed by atoms with Gasteiger partial charge in [0.05, 0.1) is 11.9 Å². The first-order chi connectivity index (χ1) is 12.2. The zero-order valence-corrected chi connectivity index (χ0v) is 16.6. The number of para-hydroxylation sites is 1. The number of hydrogen-bond donors (Lipinski definition) is 1. The van der Waals surface area contributed by atoms with Gasteiger partial charge in [0.1, 0.15) is 0 Å². The van der Waals surface area contributed by atoms with Crippen LogP contribution in [0.1, 0.15) is 30.0 Å². The highest BCUT2D eigenvalue weighted by atomic mass is 32.2. The van der Waals surface area contributed by atoms with Crippen molar-refractivity contribution < 1.29 is 13.2 Å². The van der Waals surface area contributed by atoms with Crippen LogP contribution < -0.4 is 9.62 Å². The summed E-state index contributed by atoms with van der Waals surface area (Å²) in [5.74, 6) is -0.209. The van der Waals surface area contributed by atoms with Crippen LogP contribution in [0.25, 0.3) is 0 Å². The summed E-state index contributed by atoms with van der Waals surface area (Å²) < 4.78 is 25.8. The number of carbonyl (C=O) groups is 1. The number of carbonyl (C=O) groups excluding carboxylic acids is 1. The van der Waals surface area contributed by atoms with Crippen LogP contribution in [0.15, 0.2) is 42.5 Å². The molecule has 0 aliphatic rings. The van der Waals surface area contributed by atoms with E-state index in [1.807, 2.05) is 57.2 Å². The maximum Gasteiger partial charge on any atom is 0.232 e. The van der Waals surface area contributed by atoms with Gasteiger partial charge < -0.3 is 5.32 Å². The fraction of sp³-hybridized carbons (Fsp3) is 0.350. The molecule has 0 aromatic heterocycles. The predicted molar refractivity (Wildman–Crippen MR) is 107 cm³/mol. The lowest BCUT2D eigenvalue weighted by Gasteiger charge is -2.24. The average Bonchev–Trinajstić information content (AvgIpc) is 2.57. The van der Waals surface area contributed by atoms with Crippen LogP contribution in [0.5, 0.6) is 0 Å². The first-order valence-electron chi connectivity index (χ1n) is 8.65. The van der Waals surface area contributed by atoms with Crippen molar-refractivity contribution in [2.24, 2.45) is 0 Å². The van der Waals surface area contributed by atoms with E-state index in [4.69, 9.17) is 0 Å². The number of amides is 1. The monoisotopic (exact) mass is 374 g/mol. The Bertz CT molecular complexity index is 892. The lowest BCUT2D eigenvalue weighted by molar-refractivity contribution is -0.116. The normalized spacial score (nSPS) is 11.2. The van der Waals surface area contributed by atoms with Gasteiger partial charge in [0.2, 0.25) is 15.9 Å². The summed E-state index contributed by atoms with van der Waals surface area (Å²) >= 11 is 0. The third kappa shape index (κ3) is 5.08. The molecule has 1 amide bonds. The van der Waals surface area contributed by atoms with Gasteiger partial charge in [0.15, 0.2) is 0 Å². The van der Waals surface area contributed by atoms with Crippen LogP contribution in [-0.2, 0) is 21.2 Å². The fourth-order valence-corrected chi connectivity index (χ4v) is 3.85. The maximum absolute atomic E-state index is 12.3. The number of rotatable bonds is 7. The van der Waals surface area contributed by atoms with Crippen molar-refractivity contribution in [2.45, 2.75) is 33.6 Å². The van der Waals surface area contributed by atoms with Gasteiger partial charge in [0.25, 0.3) is 0 Å². The van der Waals surface area contributed by atoms with Crippen LogP contribution in [0.4, 0.5) is 11.4 Å². The summed E-state index contributed by atoms with van der Waals surface area (Å²) in [6.07, 6.45) is 1.97. The fourth-order valence-electron chi connectivity index (χ4n) is 2.89. The number of nitrogens with one attached hydrogen (secondary N) is 1. The molecule has 5 nitrogen and oxygen atoms in total. The van der Waals surface area contributed by atoms with Gasteiger partial charge in [-0.15, -0.1) is 0 Å². The van der Waals surface area contributed by atoms with Crippen molar-refractivity contribution in [3.63, 3.8) is 0 Å². The molecule has 2 aromatic rings. The Hall–Kier alpha value is -2.34. The minimum atomic E-state index is -3.48. The summed E-state index contributed by atoms with van der Waals surface area (Å²) in [6.45, 7) is 6.01. The number of hydrogen-bond acceptors (Lipinski definition) is 3. The van der Waals surface area contributed by atoms with E-state index in [1.54, 1.807) is 6.07 Å². The molecule has 1 N–H and O–H groups in total. The van der Waals surface area contributed by atoms with Crippen LogP contribution in [-0.4, -0.2) is 27.1 Å². The highest BCUT2D eigenvalue weighted by Gasteiger charge is 2.20. The van der Waals surface area contributed by atoms with Crippen molar-refractivity contribution in [3.05, 3.63) is 59.2 Å². The molecule has 0 fully saturated rings. The average molecular weight is 375 g/mol. The summed E-state index contributed by atoms with van der Waals surface area (Å²) in [5.41, 5.74) is 4.43. The molecule has 26 heavy (non-hydrogen) atoms. The van der Waals surface area contributed by atoms with E-state index in [0.29, 0.717) is 5.69 Å². The maximum atomic E-state index is 12.3. The first kappa shape index (κ1) is 20.0. The molecular formula is C20H26N2O3S. The van der Waals surface area contributed by atoms with Gasteiger partial charge in [-0.1, -0.05) is 42.8 Å². The SMILES string of the molecule is CCc1ccccc1N(CCC(=O)Nc1ccc(C)cc1C)S(C)(=O)=O. The first-order valence-corrected chi connectivity index (χ1v) is 10.5. The van der Waals surface area contributed by atoms with E-state index in [-0.39, 0.29) is 18.9 Å². The van der Waals surface area contributed by atoms with E-state index in [2.05, 4.69) is 5.32 Å². The summed E-state index contributed by atoms with van der Waals surface area (Å²) in [6, 6.07) is 13.2. The Kier molecular flexibility index (Phi) is 6.42. The Morgan fingerprint density at radius 1 is 1.12 bits per heavy atom. The lowest BCUT2D eigenvalue weighted by atomic mass is 10.1. The summed E-state index contributed by atoms with van der Waals surface area (Å²) in [5, 5.41) is 2.86. The molecule has 0 bridgehead atoms. The Morgan fingerprint density at radius 2 is 1.81 bits per heavy atom. The molecule has 0 saturated heterocycles. The second kappa shape index (κ2) is 8.36. The smallest absolute Gasteiger partial charge is 0.232 e. The Labute approximate surface area is 156 Å². The molecule has 0 spiro atoms. The summed E-state index contributed by atoms with van der Waals surface area (Å²) in [7, 11) is -3.48. The molecule has 0 atom stereocenters. The number of anilines is 2. The van der Waals surface area contributed by atoms with Crippen LogP contribution in [0.3, 0.4) is 0 Å². The Balaban J connectivity index is 2.14. The van der Waals surface area contributed by atoms with Gasteiger partial charge in [-0.3, -0.25) is 9.10 Å². The third-order valence-electron chi connectivity index (χ3n) is 4.24. The molecule has 0 aliphatic carbocycles. The number of nitrogens with zero attached hydrogens (tertiary/aromatic N) is 1. The van der Waals surface area contributed by atoms with E-state index in [0.717, 1.165) is 28.8 Å². The highest BCUT2D eigenvalue weighted by Crippen LogP contribution is 2.24. The molecule has 0 heterocycles. The van der Waals surface area contributed by atoms with E-state index >= 15 is 0 Å². The topological polar surface area (TPSA) is 66.5 Å². The van der Waals surface area contributed by atoms with Gasteiger partial charge in [-0.05, 0) is 43.5 Å². The molecule has 0 unspecified atom stereocenters. The van der Waals surface area contributed by atoms with Crippen LogP contribution in [0, 0.1) is 13.8 Å². The molecule has 2 aromatic carbocycles. The predicted octanol–water partition coefficient (Wildman–Crippen LogP) is 3.66. The zero-order chi connectivity index (χ0) is 19.3. The van der Waals surface area contributed by atoms with E-state index < -0.39 is 10.0 Å². The minimum absolute atomic E-state index is 0.0818. The second-order valence-corrected chi connectivity index (χ2v) is 8.34. The van der Waals surface area contributed by atoms with Crippen molar-refractivity contribution in [2.75, 3.05) is 22.4 Å². The van der Waals surface area contributed by atoms with Gasteiger partial charge in [-0.2, -0.15) is 0 Å². The highest BCUT2D eigenvalue weighted by molar-refractivity contribution is 7.92. The molecule has 6 heteroatoms. The van der Waals surface area contributed by atoms with E-state index in [1.165, 1.54) is 10.6 Å². The van der Waals surface area contributed by atoms with Crippen LogP contribution in [0.2, 0.25) is 0 Å². The van der Waals surface area contributed by atoms with Gasteiger partial charge >= 0.3 is 0 Å². The second-order valence-electron chi connectivity index (χ2n) is 6.43. The van der Waals surface area contributed by atoms with Crippen molar-refractivity contribution >= 4 is 27.3 Å². The van der Waals surface area contributed by atoms with Gasteiger partial charge in [-0.25, -0.2) is 8.42 Å². The molecular weight excluding hydrogens is 348 g/mol. The number of aryl methyl sites for hydroxylation is 3.